The van der Waals surface area contributed by atoms with Crippen LogP contribution in [0.1, 0.15) is 19.3 Å². The summed E-state index contributed by atoms with van der Waals surface area (Å²) in [6.45, 7) is 0. The minimum absolute atomic E-state index is 0. The van der Waals surface area contributed by atoms with Crippen molar-refractivity contribution in [3.63, 3.8) is 0 Å². The lowest BCUT2D eigenvalue weighted by atomic mass is 10.3. The lowest BCUT2D eigenvalue weighted by Gasteiger charge is -2.10. The van der Waals surface area contributed by atoms with Crippen LogP contribution >= 0.6 is 24.8 Å². The molecule has 1 aliphatic heterocycles. The summed E-state index contributed by atoms with van der Waals surface area (Å²) in [6.07, 6.45) is 4.13. The molecule has 2 atom stereocenters. The molecular weight excluding hydrogens is 159 g/mol. The zero-order valence-corrected chi connectivity index (χ0v) is 6.73. The van der Waals surface area contributed by atoms with Crippen LogP contribution in [0.5, 0.6) is 0 Å². The predicted molar refractivity (Wildman–Crippen MR) is 42.2 cm³/mol. The van der Waals surface area contributed by atoms with Gasteiger partial charge in [0.15, 0.2) is 0 Å². The monoisotopic (exact) mass is 170 g/mol. The summed E-state index contributed by atoms with van der Waals surface area (Å²) in [5.41, 5.74) is 6.41. The van der Waals surface area contributed by atoms with Crippen LogP contribution in [0.4, 0.5) is 0 Å². The highest BCUT2D eigenvalue weighted by molar-refractivity contribution is 5.85. The Morgan fingerprint density at radius 2 is 1.33 bits per heavy atom. The van der Waals surface area contributed by atoms with Crippen LogP contribution in [0.15, 0.2) is 0 Å². The maximum Gasteiger partial charge on any atom is 0.0228 e. The molecule has 0 amide bonds. The van der Waals surface area contributed by atoms with E-state index in [-0.39, 0.29) is 24.8 Å². The Labute approximate surface area is 67.6 Å². The molecule has 2 bridgehead atoms. The van der Waals surface area contributed by atoms with Gasteiger partial charge in [-0.3, -0.25) is 10.9 Å². The molecule has 0 radical (unpaired) electrons. The molecule has 0 spiro atoms. The normalized spacial score (nSPS) is 37.3. The van der Waals surface area contributed by atoms with Crippen molar-refractivity contribution in [2.24, 2.45) is 0 Å². The molecule has 0 aromatic rings. The van der Waals surface area contributed by atoms with Crippen LogP contribution in [0.2, 0.25) is 0 Å². The molecule has 0 aromatic carbocycles. The molecule has 4 heteroatoms. The number of hydrogen-bond donors (Lipinski definition) is 2. The molecule has 2 rings (SSSR count). The van der Waals surface area contributed by atoms with Crippen LogP contribution in [0.3, 0.4) is 0 Å². The topological polar surface area (TPSA) is 24.1 Å². The van der Waals surface area contributed by atoms with Crippen LogP contribution in [-0.2, 0) is 0 Å². The molecule has 2 nitrogen and oxygen atoms in total. The Hall–Kier alpha value is 0.500. The van der Waals surface area contributed by atoms with Crippen molar-refractivity contribution >= 4 is 24.8 Å². The van der Waals surface area contributed by atoms with E-state index in [0.717, 1.165) is 12.1 Å². The zero-order valence-electron chi connectivity index (χ0n) is 5.09. The van der Waals surface area contributed by atoms with Gasteiger partial charge in [0.25, 0.3) is 0 Å². The molecule has 1 aliphatic carbocycles. The Balaban J connectivity index is 0.000000320. The average Bonchev–Trinajstić information content (AvgIpc) is 2.22. The molecular formula is C5H12Cl2N2. The molecule has 2 N–H and O–H groups in total. The molecule has 1 saturated heterocycles. The second-order valence-electron chi connectivity index (χ2n) is 2.50. The molecule has 9 heavy (non-hydrogen) atoms. The summed E-state index contributed by atoms with van der Waals surface area (Å²) in [7, 11) is 0. The number of nitrogens with one attached hydrogen (secondary N) is 2. The van der Waals surface area contributed by atoms with Crippen LogP contribution in [-0.4, -0.2) is 12.1 Å². The van der Waals surface area contributed by atoms with E-state index in [0.29, 0.717) is 0 Å². The highest BCUT2D eigenvalue weighted by Gasteiger charge is 2.29. The SMILES string of the molecule is C1CC2CC1NN2.Cl.Cl. The van der Waals surface area contributed by atoms with E-state index in [2.05, 4.69) is 10.9 Å². The fourth-order valence-corrected chi connectivity index (χ4v) is 1.48. The fraction of sp³-hybridized carbons (Fsp3) is 1.00. The average molecular weight is 171 g/mol. The Morgan fingerprint density at radius 1 is 0.889 bits per heavy atom. The Bertz CT molecular complexity index is 71.0. The van der Waals surface area contributed by atoms with Crippen LogP contribution < -0.4 is 10.9 Å². The van der Waals surface area contributed by atoms with Crippen LogP contribution in [0.25, 0.3) is 0 Å². The smallest absolute Gasteiger partial charge is 0.0228 e. The van der Waals surface area contributed by atoms with Gasteiger partial charge in [-0.2, -0.15) is 0 Å². The van der Waals surface area contributed by atoms with E-state index in [1.54, 1.807) is 0 Å². The Kier molecular flexibility index (Phi) is 3.82. The number of fused-ring (bicyclic) bond motifs is 2. The maximum atomic E-state index is 3.21. The van der Waals surface area contributed by atoms with E-state index in [4.69, 9.17) is 0 Å². The van der Waals surface area contributed by atoms with Gasteiger partial charge in [0, 0.05) is 12.1 Å². The third kappa shape index (κ3) is 1.71. The van der Waals surface area contributed by atoms with Crippen molar-refractivity contribution in [1.82, 2.24) is 10.9 Å². The quantitative estimate of drug-likeness (QED) is 0.564. The van der Waals surface area contributed by atoms with Gasteiger partial charge in [-0.1, -0.05) is 0 Å². The van der Waals surface area contributed by atoms with Gasteiger partial charge < -0.3 is 0 Å². The second kappa shape index (κ2) is 3.62. The van der Waals surface area contributed by atoms with E-state index >= 15 is 0 Å². The molecule has 2 aliphatic rings. The molecule has 1 saturated carbocycles. The highest BCUT2D eigenvalue weighted by Crippen LogP contribution is 2.22. The van der Waals surface area contributed by atoms with Crippen molar-refractivity contribution in [1.29, 1.82) is 0 Å². The van der Waals surface area contributed by atoms with Gasteiger partial charge in [-0.15, -0.1) is 24.8 Å². The van der Waals surface area contributed by atoms with Gasteiger partial charge in [0.1, 0.15) is 0 Å². The summed E-state index contributed by atoms with van der Waals surface area (Å²) in [5, 5.41) is 0. The van der Waals surface area contributed by atoms with Crippen molar-refractivity contribution in [2.45, 2.75) is 31.3 Å². The maximum absolute atomic E-state index is 3.21. The largest absolute Gasteiger partial charge is 0.254 e. The third-order valence-corrected chi connectivity index (χ3v) is 1.92. The minimum Gasteiger partial charge on any atom is -0.254 e. The van der Waals surface area contributed by atoms with Crippen molar-refractivity contribution in [3.8, 4) is 0 Å². The number of hydrogen-bond acceptors (Lipinski definition) is 2. The van der Waals surface area contributed by atoms with E-state index in [1.165, 1.54) is 19.3 Å². The first-order chi connectivity index (χ1) is 3.45. The van der Waals surface area contributed by atoms with Gasteiger partial charge >= 0.3 is 0 Å². The predicted octanol–water partition coefficient (Wildman–Crippen LogP) is 0.859. The standard InChI is InChI=1S/C5H10N2.2ClH/c1-2-5-3-4(1)6-7-5;;/h4-7H,1-3H2;2*1H. The Morgan fingerprint density at radius 3 is 1.44 bits per heavy atom. The minimum atomic E-state index is 0. The van der Waals surface area contributed by atoms with Crippen molar-refractivity contribution in [3.05, 3.63) is 0 Å². The first kappa shape index (κ1) is 9.50. The first-order valence-corrected chi connectivity index (χ1v) is 2.96. The van der Waals surface area contributed by atoms with E-state index < -0.39 is 0 Å². The highest BCUT2D eigenvalue weighted by atomic mass is 35.5. The molecule has 2 unspecified atom stereocenters. The summed E-state index contributed by atoms with van der Waals surface area (Å²) in [5.74, 6) is 0. The van der Waals surface area contributed by atoms with Gasteiger partial charge in [0.2, 0.25) is 0 Å². The lowest BCUT2D eigenvalue weighted by molar-refractivity contribution is 0.437. The van der Waals surface area contributed by atoms with Gasteiger partial charge in [-0.05, 0) is 19.3 Å². The summed E-state index contributed by atoms with van der Waals surface area (Å²) < 4.78 is 0. The summed E-state index contributed by atoms with van der Waals surface area (Å²) in [6, 6.07) is 1.62. The molecule has 2 fully saturated rings. The lowest BCUT2D eigenvalue weighted by Crippen LogP contribution is -2.37. The third-order valence-electron chi connectivity index (χ3n) is 1.92. The number of halogens is 2. The molecule has 0 aromatic heterocycles. The number of rotatable bonds is 0. The second-order valence-corrected chi connectivity index (χ2v) is 2.50. The zero-order chi connectivity index (χ0) is 4.69. The fourth-order valence-electron chi connectivity index (χ4n) is 1.48. The molecule has 1 heterocycles. The van der Waals surface area contributed by atoms with E-state index in [1.807, 2.05) is 0 Å². The van der Waals surface area contributed by atoms with Gasteiger partial charge in [-0.25, -0.2) is 0 Å². The van der Waals surface area contributed by atoms with Gasteiger partial charge in [0.05, 0.1) is 0 Å². The first-order valence-electron chi connectivity index (χ1n) is 2.96. The van der Waals surface area contributed by atoms with Crippen molar-refractivity contribution in [2.75, 3.05) is 0 Å². The van der Waals surface area contributed by atoms with Crippen LogP contribution in [0, 0.1) is 0 Å². The van der Waals surface area contributed by atoms with E-state index in [9.17, 15) is 0 Å². The summed E-state index contributed by atoms with van der Waals surface area (Å²) >= 11 is 0. The molecule has 56 valence electrons. The summed E-state index contributed by atoms with van der Waals surface area (Å²) in [4.78, 5) is 0. The number of hydrazine groups is 1. The van der Waals surface area contributed by atoms with Crippen molar-refractivity contribution < 1.29 is 0 Å².